The summed E-state index contributed by atoms with van der Waals surface area (Å²) in [6.45, 7) is 18.4. The van der Waals surface area contributed by atoms with Crippen molar-refractivity contribution >= 4 is 35.1 Å². The number of aryl methyl sites for hydroxylation is 1. The van der Waals surface area contributed by atoms with Crippen molar-refractivity contribution in [2.75, 3.05) is 0 Å². The molecule has 0 saturated heterocycles. The van der Waals surface area contributed by atoms with Gasteiger partial charge in [0, 0.05) is 22.0 Å². The van der Waals surface area contributed by atoms with Crippen molar-refractivity contribution in [3.63, 3.8) is 0 Å². The first-order valence-corrected chi connectivity index (χ1v) is 13.0. The van der Waals surface area contributed by atoms with E-state index < -0.39 is 0 Å². The van der Waals surface area contributed by atoms with Gasteiger partial charge in [-0.15, -0.1) is 0 Å². The van der Waals surface area contributed by atoms with E-state index in [-0.39, 0.29) is 12.4 Å². The van der Waals surface area contributed by atoms with Gasteiger partial charge in [0.15, 0.2) is 5.78 Å². The van der Waals surface area contributed by atoms with Crippen molar-refractivity contribution in [1.82, 2.24) is 0 Å². The molecule has 0 aliphatic heterocycles. The highest BCUT2D eigenvalue weighted by atomic mass is 35.5. The minimum Gasteiger partial charge on any atom is -0.489 e. The van der Waals surface area contributed by atoms with Gasteiger partial charge in [-0.25, -0.2) is 0 Å². The summed E-state index contributed by atoms with van der Waals surface area (Å²) < 4.78 is 5.84. The number of ketones is 1. The number of hydrogen-bond acceptors (Lipinski definition) is 3. The largest absolute Gasteiger partial charge is 0.489 e. The molecule has 3 nitrogen and oxygen atoms in total. The van der Waals surface area contributed by atoms with Crippen LogP contribution in [0.3, 0.4) is 0 Å². The second-order valence-corrected chi connectivity index (χ2v) is 9.35. The van der Waals surface area contributed by atoms with Gasteiger partial charge in [0.25, 0.3) is 0 Å². The van der Waals surface area contributed by atoms with Crippen LogP contribution in [0, 0.1) is 24.2 Å². The predicted octanol–water partition coefficient (Wildman–Crippen LogP) is 10.3. The number of benzene rings is 2. The molecule has 0 spiro atoms. The predicted molar refractivity (Wildman–Crippen MR) is 153 cm³/mol. The van der Waals surface area contributed by atoms with E-state index in [4.69, 9.17) is 33.2 Å². The summed E-state index contributed by atoms with van der Waals surface area (Å²) in [4.78, 5) is 11.6. The molecule has 0 bridgehead atoms. The Balaban J connectivity index is 0. The molecule has 35 heavy (non-hydrogen) atoms. The van der Waals surface area contributed by atoms with E-state index in [1.54, 1.807) is 25.1 Å². The van der Waals surface area contributed by atoms with Gasteiger partial charge in [-0.05, 0) is 73.2 Å². The molecule has 0 saturated carbocycles. The Labute approximate surface area is 224 Å². The van der Waals surface area contributed by atoms with Gasteiger partial charge >= 0.3 is 0 Å². The molecular formula is C30H43Cl2NO2. The van der Waals surface area contributed by atoms with Crippen LogP contribution in [-0.2, 0) is 11.4 Å². The highest BCUT2D eigenvalue weighted by Crippen LogP contribution is 2.27. The number of Topliss-reactive ketones (excluding diaryl/α,β-unsaturated/α-hetero) is 1. The number of hydrogen-bond donors (Lipinski definition) is 0. The van der Waals surface area contributed by atoms with Crippen LogP contribution in [0.15, 0.2) is 42.0 Å². The monoisotopic (exact) mass is 519 g/mol. The Hall–Kier alpha value is -2.28. The van der Waals surface area contributed by atoms with Gasteiger partial charge in [-0.2, -0.15) is 5.26 Å². The van der Waals surface area contributed by atoms with E-state index in [2.05, 4.69) is 34.6 Å². The molecule has 0 aliphatic rings. The molecule has 0 amide bonds. The number of allylic oxidation sites excluding steroid dienone is 1. The fourth-order valence-electron chi connectivity index (χ4n) is 2.33. The van der Waals surface area contributed by atoms with Crippen molar-refractivity contribution in [2.45, 2.75) is 88.2 Å². The van der Waals surface area contributed by atoms with Crippen molar-refractivity contribution in [1.29, 1.82) is 5.26 Å². The van der Waals surface area contributed by atoms with Gasteiger partial charge in [-0.3, -0.25) is 4.79 Å². The summed E-state index contributed by atoms with van der Waals surface area (Å²) >= 11 is 12.3. The van der Waals surface area contributed by atoms with Crippen molar-refractivity contribution in [2.24, 2.45) is 5.92 Å². The minimum atomic E-state index is 0.0890. The van der Waals surface area contributed by atoms with Crippen LogP contribution < -0.4 is 4.74 Å². The molecule has 5 heteroatoms. The standard InChI is InChI=1S/C20H20Cl2O2.C4H10.C3H5N.C3H8/c1-4-15(14(3)23)10-16-11-17(9-8-13(16)2)24-12-18-19(21)6-5-7-20(18)22;1-4(2)3;1-2-3-4;1-3-2/h5-11H,4,12H2,1-3H3;4H,1-3H3;2H2,1H3;3H2,1-2H3/b15-10+;;;. The first-order valence-electron chi connectivity index (χ1n) is 12.2. The van der Waals surface area contributed by atoms with Crippen LogP contribution in [0.25, 0.3) is 6.08 Å². The zero-order valence-electron chi connectivity index (χ0n) is 23.0. The first-order chi connectivity index (χ1) is 16.5. The zero-order valence-corrected chi connectivity index (χ0v) is 24.5. The summed E-state index contributed by atoms with van der Waals surface area (Å²) in [5, 5.41) is 8.79. The first kappa shape index (κ1) is 34.9. The maximum absolute atomic E-state index is 11.6. The molecule has 0 unspecified atom stereocenters. The zero-order chi connectivity index (χ0) is 27.4. The van der Waals surface area contributed by atoms with E-state index in [1.807, 2.05) is 51.1 Å². The van der Waals surface area contributed by atoms with Crippen LogP contribution in [0.4, 0.5) is 0 Å². The third-order valence-corrected chi connectivity index (χ3v) is 4.72. The van der Waals surface area contributed by atoms with Crippen LogP contribution >= 0.6 is 23.2 Å². The van der Waals surface area contributed by atoms with Gasteiger partial charge in [0.1, 0.15) is 12.4 Å². The van der Waals surface area contributed by atoms with E-state index in [9.17, 15) is 4.79 Å². The normalized spacial score (nSPS) is 9.97. The maximum Gasteiger partial charge on any atom is 0.155 e. The van der Waals surface area contributed by atoms with Gasteiger partial charge in [-0.1, -0.05) is 90.2 Å². The fraction of sp³-hybridized carbons (Fsp3) is 0.467. The van der Waals surface area contributed by atoms with Crippen LogP contribution in [-0.4, -0.2) is 5.78 Å². The number of carbonyl (C=O) groups is 1. The molecule has 0 aliphatic carbocycles. The Kier molecular flexibility index (Phi) is 21.0. The Bertz CT molecular complexity index is 921. The number of ether oxygens (including phenoxy) is 1. The highest BCUT2D eigenvalue weighted by molar-refractivity contribution is 6.35. The molecule has 0 radical (unpaired) electrons. The Morgan fingerprint density at radius 2 is 1.54 bits per heavy atom. The smallest absolute Gasteiger partial charge is 0.155 e. The van der Waals surface area contributed by atoms with Gasteiger partial charge in [0.05, 0.1) is 6.07 Å². The van der Waals surface area contributed by atoms with E-state index in [0.29, 0.717) is 28.6 Å². The van der Waals surface area contributed by atoms with Gasteiger partial charge < -0.3 is 4.74 Å². The van der Waals surface area contributed by atoms with Crippen molar-refractivity contribution in [3.8, 4) is 11.8 Å². The molecule has 0 heterocycles. The second kappa shape index (κ2) is 21.0. The van der Waals surface area contributed by atoms with Crippen LogP contribution in [0.5, 0.6) is 5.75 Å². The number of nitriles is 1. The molecule has 0 fully saturated rings. The lowest BCUT2D eigenvalue weighted by molar-refractivity contribution is -0.113. The SMILES string of the molecule is CC(C)C.CC/C(=C\c1cc(OCc2c(Cl)cccc2Cl)ccc1C)C(C)=O.CCC.CCC#N. The summed E-state index contributed by atoms with van der Waals surface area (Å²) in [7, 11) is 0. The fourth-order valence-corrected chi connectivity index (χ4v) is 2.84. The Morgan fingerprint density at radius 1 is 1.06 bits per heavy atom. The molecule has 0 aromatic heterocycles. The minimum absolute atomic E-state index is 0.0890. The summed E-state index contributed by atoms with van der Waals surface area (Å²) in [6.07, 6.45) is 4.50. The molecule has 0 atom stereocenters. The molecular weight excluding hydrogens is 477 g/mol. The van der Waals surface area contributed by atoms with E-state index >= 15 is 0 Å². The quantitative estimate of drug-likeness (QED) is 0.356. The average Bonchev–Trinajstić information content (AvgIpc) is 2.79. The number of carbonyl (C=O) groups excluding carboxylic acids is 1. The number of rotatable bonds is 6. The molecule has 2 aromatic rings. The lowest BCUT2D eigenvalue weighted by Crippen LogP contribution is -1.99. The highest BCUT2D eigenvalue weighted by Gasteiger charge is 2.08. The summed E-state index contributed by atoms with van der Waals surface area (Å²) in [6, 6.07) is 13.1. The van der Waals surface area contributed by atoms with E-state index in [1.165, 1.54) is 6.42 Å². The summed E-state index contributed by atoms with van der Waals surface area (Å²) in [5.74, 6) is 1.63. The topological polar surface area (TPSA) is 50.1 Å². The Morgan fingerprint density at radius 3 is 1.94 bits per heavy atom. The molecule has 0 N–H and O–H groups in total. The molecule has 194 valence electrons. The van der Waals surface area contributed by atoms with Crippen LogP contribution in [0.1, 0.15) is 91.3 Å². The summed E-state index contributed by atoms with van der Waals surface area (Å²) in [5.41, 5.74) is 3.62. The van der Waals surface area contributed by atoms with Crippen LogP contribution in [0.2, 0.25) is 10.0 Å². The molecule has 2 aromatic carbocycles. The third kappa shape index (κ3) is 16.9. The molecule has 2 rings (SSSR count). The number of nitrogens with zero attached hydrogens (tertiary/aromatic N) is 1. The van der Waals surface area contributed by atoms with Gasteiger partial charge in [0.2, 0.25) is 0 Å². The lowest BCUT2D eigenvalue weighted by Gasteiger charge is -2.11. The van der Waals surface area contributed by atoms with E-state index in [0.717, 1.165) is 28.2 Å². The second-order valence-electron chi connectivity index (χ2n) is 8.54. The van der Waals surface area contributed by atoms with Crippen molar-refractivity contribution in [3.05, 3.63) is 68.7 Å². The van der Waals surface area contributed by atoms with Crippen molar-refractivity contribution < 1.29 is 9.53 Å². The lowest BCUT2D eigenvalue weighted by atomic mass is 10.0. The third-order valence-electron chi connectivity index (χ3n) is 4.02. The number of halogens is 2. The average molecular weight is 521 g/mol. The maximum atomic E-state index is 11.6.